The summed E-state index contributed by atoms with van der Waals surface area (Å²) in [6.45, 7) is 0. The molecule has 2 aromatic carbocycles. The van der Waals surface area contributed by atoms with E-state index in [0.717, 1.165) is 21.3 Å². The van der Waals surface area contributed by atoms with Crippen molar-refractivity contribution in [2.24, 2.45) is 0 Å². The third kappa shape index (κ3) is 1.52. The molecule has 0 aliphatic carbocycles. The first-order valence-electron chi connectivity index (χ1n) is 5.01. The maximum Gasteiger partial charge on any atom is 0.339 e. The summed E-state index contributed by atoms with van der Waals surface area (Å²) >= 11 is 3.42. The normalized spacial score (nSPS) is 11.1. The van der Waals surface area contributed by atoms with Gasteiger partial charge in [0, 0.05) is 4.47 Å². The fourth-order valence-corrected chi connectivity index (χ4v) is 2.53. The lowest BCUT2D eigenvalue weighted by atomic mass is 10.1. The Labute approximate surface area is 104 Å². The number of benzene rings is 2. The molecule has 0 unspecified atom stereocenters. The van der Waals surface area contributed by atoms with Gasteiger partial charge < -0.3 is 9.52 Å². The number of hydrogen-bond donors (Lipinski definition) is 1. The first kappa shape index (κ1) is 10.4. The van der Waals surface area contributed by atoms with Gasteiger partial charge in [-0.2, -0.15) is 0 Å². The van der Waals surface area contributed by atoms with Crippen molar-refractivity contribution in [1.29, 1.82) is 0 Å². The van der Waals surface area contributed by atoms with Crippen molar-refractivity contribution in [1.82, 2.24) is 0 Å². The highest BCUT2D eigenvalue weighted by Gasteiger charge is 2.10. The smallest absolute Gasteiger partial charge is 0.339 e. The molecule has 0 radical (unpaired) electrons. The Morgan fingerprint density at radius 1 is 1.12 bits per heavy atom. The van der Waals surface area contributed by atoms with Crippen LogP contribution in [0.1, 0.15) is 0 Å². The van der Waals surface area contributed by atoms with Crippen LogP contribution >= 0.6 is 15.9 Å². The van der Waals surface area contributed by atoms with E-state index in [9.17, 15) is 9.90 Å². The number of hydrogen-bond acceptors (Lipinski definition) is 3. The summed E-state index contributed by atoms with van der Waals surface area (Å²) in [4.78, 5) is 11.2. The summed E-state index contributed by atoms with van der Waals surface area (Å²) in [5.41, 5.74) is -0.183. The van der Waals surface area contributed by atoms with Gasteiger partial charge in [-0.25, -0.2) is 4.79 Å². The Balaban J connectivity index is 2.68. The molecule has 3 aromatic rings. The Morgan fingerprint density at radius 2 is 1.82 bits per heavy atom. The first-order chi connectivity index (χ1) is 8.16. The van der Waals surface area contributed by atoms with Gasteiger partial charge in [-0.1, -0.05) is 40.2 Å². The van der Waals surface area contributed by atoms with Crippen molar-refractivity contribution < 1.29 is 9.52 Å². The second-order valence-corrected chi connectivity index (χ2v) is 4.58. The van der Waals surface area contributed by atoms with Crippen LogP contribution in [-0.4, -0.2) is 5.11 Å². The summed E-state index contributed by atoms with van der Waals surface area (Å²) in [6, 6.07) is 10.4. The maximum atomic E-state index is 11.2. The largest absolute Gasteiger partial charge is 0.507 e. The molecule has 17 heavy (non-hydrogen) atoms. The van der Waals surface area contributed by atoms with Gasteiger partial charge in [0.2, 0.25) is 0 Å². The van der Waals surface area contributed by atoms with Crippen molar-refractivity contribution in [3.05, 3.63) is 51.3 Å². The molecule has 0 aliphatic heterocycles. The molecule has 1 aromatic heterocycles. The molecule has 0 bridgehead atoms. The minimum Gasteiger partial charge on any atom is -0.507 e. The van der Waals surface area contributed by atoms with Crippen molar-refractivity contribution in [3.8, 4) is 5.75 Å². The van der Waals surface area contributed by atoms with E-state index < -0.39 is 5.63 Å². The fourth-order valence-electron chi connectivity index (χ4n) is 1.97. The minimum atomic E-state index is -0.558. The fraction of sp³-hybridized carbons (Fsp3) is 0. The summed E-state index contributed by atoms with van der Waals surface area (Å²) < 4.78 is 5.91. The molecule has 84 valence electrons. The van der Waals surface area contributed by atoms with Crippen LogP contribution in [-0.2, 0) is 0 Å². The van der Waals surface area contributed by atoms with Gasteiger partial charge in [0.25, 0.3) is 0 Å². The molecule has 0 spiro atoms. The van der Waals surface area contributed by atoms with Crippen LogP contribution in [0.4, 0.5) is 0 Å². The van der Waals surface area contributed by atoms with E-state index >= 15 is 0 Å². The van der Waals surface area contributed by atoms with E-state index in [1.54, 1.807) is 6.07 Å². The number of halogens is 1. The number of rotatable bonds is 0. The molecule has 1 N–H and O–H groups in total. The molecule has 0 aliphatic rings. The zero-order chi connectivity index (χ0) is 12.0. The van der Waals surface area contributed by atoms with Crippen LogP contribution in [0, 0.1) is 0 Å². The van der Waals surface area contributed by atoms with Crippen LogP contribution in [0.3, 0.4) is 0 Å². The van der Waals surface area contributed by atoms with Gasteiger partial charge in [0.05, 0.1) is 11.5 Å². The van der Waals surface area contributed by atoms with Gasteiger partial charge in [-0.05, 0) is 16.8 Å². The zero-order valence-electron chi connectivity index (χ0n) is 8.61. The molecule has 1 heterocycles. The van der Waals surface area contributed by atoms with Crippen molar-refractivity contribution in [2.75, 3.05) is 0 Å². The Kier molecular flexibility index (Phi) is 2.19. The summed E-state index contributed by atoms with van der Waals surface area (Å²) in [7, 11) is 0. The highest BCUT2D eigenvalue weighted by atomic mass is 79.9. The molecule has 0 fully saturated rings. The van der Waals surface area contributed by atoms with E-state index in [-0.39, 0.29) is 5.75 Å². The third-order valence-corrected chi connectivity index (χ3v) is 3.34. The first-order valence-corrected chi connectivity index (χ1v) is 5.80. The van der Waals surface area contributed by atoms with E-state index in [1.807, 2.05) is 24.3 Å². The highest BCUT2D eigenvalue weighted by molar-refractivity contribution is 9.10. The van der Waals surface area contributed by atoms with Crippen LogP contribution in [0.5, 0.6) is 5.75 Å². The number of fused-ring (bicyclic) bond motifs is 3. The quantitative estimate of drug-likeness (QED) is 0.510. The summed E-state index contributed by atoms with van der Waals surface area (Å²) in [5, 5.41) is 12.2. The van der Waals surface area contributed by atoms with Crippen molar-refractivity contribution in [2.45, 2.75) is 0 Å². The minimum absolute atomic E-state index is 0.0556. The van der Waals surface area contributed by atoms with Crippen LogP contribution in [0.15, 0.2) is 50.1 Å². The Morgan fingerprint density at radius 3 is 2.59 bits per heavy atom. The van der Waals surface area contributed by atoms with Crippen molar-refractivity contribution in [3.63, 3.8) is 0 Å². The molecule has 3 rings (SSSR count). The van der Waals surface area contributed by atoms with Crippen LogP contribution < -0.4 is 5.63 Å². The molecule has 4 heteroatoms. The monoisotopic (exact) mass is 290 g/mol. The predicted octanol–water partition coefficient (Wildman–Crippen LogP) is 3.41. The van der Waals surface area contributed by atoms with E-state index in [4.69, 9.17) is 4.42 Å². The molecule has 0 saturated carbocycles. The number of aromatic hydroxyl groups is 1. The lowest BCUT2D eigenvalue weighted by Crippen LogP contribution is -1.95. The predicted molar refractivity (Wildman–Crippen MR) is 69.4 cm³/mol. The molecule has 0 saturated heterocycles. The molecular formula is C13H7BrO3. The Hall–Kier alpha value is -1.81. The van der Waals surface area contributed by atoms with Gasteiger partial charge in [-0.3, -0.25) is 0 Å². The Bertz CT molecular complexity index is 790. The SMILES string of the molecule is O=c1cc(O)c2c(cc(Br)c3ccccc32)o1. The van der Waals surface area contributed by atoms with Gasteiger partial charge in [0.1, 0.15) is 11.3 Å². The summed E-state index contributed by atoms with van der Waals surface area (Å²) in [5.74, 6) is -0.0556. The van der Waals surface area contributed by atoms with E-state index in [2.05, 4.69) is 15.9 Å². The molecular weight excluding hydrogens is 284 g/mol. The topological polar surface area (TPSA) is 50.4 Å². The maximum absolute atomic E-state index is 11.2. The average Bonchev–Trinajstić information content (AvgIpc) is 2.28. The lowest BCUT2D eigenvalue weighted by molar-refractivity contribution is 0.468. The zero-order valence-corrected chi connectivity index (χ0v) is 10.2. The molecule has 0 atom stereocenters. The second kappa shape index (κ2) is 3.60. The third-order valence-electron chi connectivity index (χ3n) is 2.68. The van der Waals surface area contributed by atoms with Gasteiger partial charge in [0.15, 0.2) is 0 Å². The highest BCUT2D eigenvalue weighted by Crippen LogP contribution is 2.35. The average molecular weight is 291 g/mol. The lowest BCUT2D eigenvalue weighted by Gasteiger charge is -2.06. The molecule has 0 amide bonds. The van der Waals surface area contributed by atoms with Crippen LogP contribution in [0.25, 0.3) is 21.7 Å². The van der Waals surface area contributed by atoms with Crippen molar-refractivity contribution >= 4 is 37.7 Å². The van der Waals surface area contributed by atoms with Gasteiger partial charge in [-0.15, -0.1) is 0 Å². The van der Waals surface area contributed by atoms with Crippen LogP contribution in [0.2, 0.25) is 0 Å². The van der Waals surface area contributed by atoms with E-state index in [1.165, 1.54) is 0 Å². The standard InChI is InChI=1S/C13H7BrO3/c14-9-5-11-13(10(15)6-12(16)17-11)8-4-2-1-3-7(8)9/h1-6,15H. The van der Waals surface area contributed by atoms with E-state index in [0.29, 0.717) is 11.0 Å². The second-order valence-electron chi connectivity index (χ2n) is 3.73. The molecule has 3 nitrogen and oxygen atoms in total. The van der Waals surface area contributed by atoms with Gasteiger partial charge >= 0.3 is 5.63 Å². The summed E-state index contributed by atoms with van der Waals surface area (Å²) in [6.07, 6.45) is 0.